The zero-order valence-electron chi connectivity index (χ0n) is 5.56. The average molecular weight is 219 g/mol. The van der Waals surface area contributed by atoms with Gasteiger partial charge in [-0.3, -0.25) is 0 Å². The topological polar surface area (TPSA) is 17.1 Å². The van der Waals surface area contributed by atoms with Crippen LogP contribution in [0.3, 0.4) is 0 Å². The maximum atomic E-state index is 10.1. The van der Waals surface area contributed by atoms with Gasteiger partial charge in [0, 0.05) is 11.3 Å². The highest BCUT2D eigenvalue weighted by Crippen LogP contribution is 2.26. The monoisotopic (exact) mass is 218 g/mol. The Balaban J connectivity index is 2.91. The van der Waals surface area contributed by atoms with Gasteiger partial charge in [0.25, 0.3) is 0 Å². The van der Waals surface area contributed by atoms with Gasteiger partial charge in [0.15, 0.2) is 0 Å². The molecule has 1 aromatic heterocycles. The molecule has 1 aromatic rings. The van der Waals surface area contributed by atoms with E-state index in [0.29, 0.717) is 6.42 Å². The van der Waals surface area contributed by atoms with Gasteiger partial charge in [-0.1, -0.05) is 0 Å². The molecule has 0 fully saturated rings. The predicted molar refractivity (Wildman–Crippen MR) is 46.5 cm³/mol. The minimum absolute atomic E-state index is 0.544. The van der Waals surface area contributed by atoms with E-state index in [0.717, 1.165) is 14.9 Å². The molecule has 3 heteroatoms. The molecule has 1 heterocycles. The van der Waals surface area contributed by atoms with Crippen molar-refractivity contribution in [3.8, 4) is 0 Å². The molecule has 0 saturated carbocycles. The van der Waals surface area contributed by atoms with E-state index in [1.165, 1.54) is 5.56 Å². The number of carbonyl (C=O) groups is 1. The lowest BCUT2D eigenvalue weighted by molar-refractivity contribution is -0.107. The van der Waals surface area contributed by atoms with Crippen molar-refractivity contribution in [2.45, 2.75) is 13.3 Å². The van der Waals surface area contributed by atoms with Gasteiger partial charge in [-0.25, -0.2) is 0 Å². The summed E-state index contributed by atoms with van der Waals surface area (Å²) in [7, 11) is 0. The molecule has 1 rings (SSSR count). The molecule has 0 radical (unpaired) electrons. The summed E-state index contributed by atoms with van der Waals surface area (Å²) in [5.74, 6) is 0. The van der Waals surface area contributed by atoms with E-state index in [1.54, 1.807) is 11.3 Å². The summed E-state index contributed by atoms with van der Waals surface area (Å²) in [5, 5.41) is 0. The van der Waals surface area contributed by atoms with E-state index < -0.39 is 0 Å². The molecule has 0 aliphatic rings. The van der Waals surface area contributed by atoms with Crippen LogP contribution in [0, 0.1) is 6.92 Å². The average Bonchev–Trinajstić information content (AvgIpc) is 2.13. The first-order valence-corrected chi connectivity index (χ1v) is 4.53. The molecule has 0 saturated heterocycles. The molecular weight excluding hydrogens is 212 g/mol. The molecule has 0 bridgehead atoms. The van der Waals surface area contributed by atoms with Crippen LogP contribution in [0.4, 0.5) is 0 Å². The third-order valence-corrected chi connectivity index (χ3v) is 3.02. The van der Waals surface area contributed by atoms with Gasteiger partial charge < -0.3 is 4.79 Å². The van der Waals surface area contributed by atoms with Crippen LogP contribution in [0.5, 0.6) is 0 Å². The maximum absolute atomic E-state index is 10.1. The highest BCUT2D eigenvalue weighted by molar-refractivity contribution is 9.11. The summed E-state index contributed by atoms with van der Waals surface area (Å²) < 4.78 is 1.10. The van der Waals surface area contributed by atoms with Crippen molar-refractivity contribution in [2.75, 3.05) is 0 Å². The normalized spacial score (nSPS) is 9.80. The third-order valence-electron chi connectivity index (χ3n) is 1.26. The first kappa shape index (κ1) is 7.95. The van der Waals surface area contributed by atoms with Gasteiger partial charge >= 0.3 is 0 Å². The molecule has 0 aromatic carbocycles. The van der Waals surface area contributed by atoms with Crippen molar-refractivity contribution >= 4 is 33.6 Å². The third kappa shape index (κ3) is 1.67. The van der Waals surface area contributed by atoms with E-state index in [1.807, 2.05) is 13.0 Å². The largest absolute Gasteiger partial charge is 0.303 e. The van der Waals surface area contributed by atoms with Crippen molar-refractivity contribution < 1.29 is 4.79 Å². The fourth-order valence-corrected chi connectivity index (χ4v) is 2.53. The molecule has 54 valence electrons. The predicted octanol–water partition coefficient (Wildman–Crippen LogP) is 2.56. The van der Waals surface area contributed by atoms with Gasteiger partial charge in [0.05, 0.1) is 3.79 Å². The molecule has 0 amide bonds. The summed E-state index contributed by atoms with van der Waals surface area (Å²) in [6, 6.07) is 2.03. The molecule has 0 atom stereocenters. The van der Waals surface area contributed by atoms with Crippen LogP contribution in [0.2, 0.25) is 0 Å². The van der Waals surface area contributed by atoms with Crippen LogP contribution in [0.25, 0.3) is 0 Å². The van der Waals surface area contributed by atoms with E-state index >= 15 is 0 Å². The minimum Gasteiger partial charge on any atom is -0.303 e. The smallest absolute Gasteiger partial charge is 0.125 e. The van der Waals surface area contributed by atoms with E-state index in [-0.39, 0.29) is 0 Å². The Labute approximate surface area is 72.2 Å². The summed E-state index contributed by atoms with van der Waals surface area (Å²) >= 11 is 4.98. The van der Waals surface area contributed by atoms with Crippen molar-refractivity contribution in [1.29, 1.82) is 0 Å². The number of aryl methyl sites for hydroxylation is 1. The quantitative estimate of drug-likeness (QED) is 0.698. The molecule has 10 heavy (non-hydrogen) atoms. The van der Waals surface area contributed by atoms with Crippen molar-refractivity contribution in [3.05, 3.63) is 20.3 Å². The number of thiophene rings is 1. The lowest BCUT2D eigenvalue weighted by Gasteiger charge is -1.87. The lowest BCUT2D eigenvalue weighted by Crippen LogP contribution is -1.81. The Morgan fingerprint density at radius 2 is 2.50 bits per heavy atom. The van der Waals surface area contributed by atoms with Crippen LogP contribution >= 0.6 is 27.3 Å². The van der Waals surface area contributed by atoms with Crippen LogP contribution in [0.1, 0.15) is 10.4 Å². The Morgan fingerprint density at radius 1 is 1.80 bits per heavy atom. The number of hydrogen-bond acceptors (Lipinski definition) is 2. The minimum atomic E-state index is 0.544. The zero-order chi connectivity index (χ0) is 7.56. The van der Waals surface area contributed by atoms with Gasteiger partial charge in [-0.15, -0.1) is 11.3 Å². The number of rotatable bonds is 2. The fourth-order valence-electron chi connectivity index (χ4n) is 0.757. The van der Waals surface area contributed by atoms with Crippen LogP contribution in [-0.2, 0) is 11.2 Å². The summed E-state index contributed by atoms with van der Waals surface area (Å²) in [6.07, 6.45) is 1.48. The van der Waals surface area contributed by atoms with E-state index in [9.17, 15) is 4.79 Å². The second-order valence-electron chi connectivity index (χ2n) is 2.03. The van der Waals surface area contributed by atoms with E-state index in [4.69, 9.17) is 0 Å². The van der Waals surface area contributed by atoms with Crippen LogP contribution < -0.4 is 0 Å². The molecular formula is C7H7BrOS. The summed E-state index contributed by atoms with van der Waals surface area (Å²) in [6.45, 7) is 2.01. The second kappa shape index (κ2) is 3.30. The van der Waals surface area contributed by atoms with Gasteiger partial charge in [-0.2, -0.15) is 0 Å². The highest BCUT2D eigenvalue weighted by Gasteiger charge is 2.01. The Hall–Kier alpha value is -0.150. The fraction of sp³-hybridized carbons (Fsp3) is 0.286. The van der Waals surface area contributed by atoms with Crippen molar-refractivity contribution in [3.63, 3.8) is 0 Å². The Kier molecular flexibility index (Phi) is 2.63. The van der Waals surface area contributed by atoms with E-state index in [2.05, 4.69) is 15.9 Å². The maximum Gasteiger partial charge on any atom is 0.125 e. The van der Waals surface area contributed by atoms with Crippen LogP contribution in [-0.4, -0.2) is 6.29 Å². The molecule has 0 spiro atoms. The number of hydrogen-bond donors (Lipinski definition) is 0. The Bertz CT molecular complexity index is 242. The SMILES string of the molecule is Cc1cc(Br)sc1CC=O. The van der Waals surface area contributed by atoms with Crippen LogP contribution in [0.15, 0.2) is 9.85 Å². The first-order valence-electron chi connectivity index (χ1n) is 2.92. The molecule has 1 nitrogen and oxygen atoms in total. The van der Waals surface area contributed by atoms with Gasteiger partial charge in [-0.05, 0) is 34.5 Å². The van der Waals surface area contributed by atoms with Crippen molar-refractivity contribution in [1.82, 2.24) is 0 Å². The lowest BCUT2D eigenvalue weighted by atomic mass is 10.2. The standard InChI is InChI=1S/C7H7BrOS/c1-5-4-7(8)10-6(5)2-3-9/h3-4H,2H2,1H3. The number of aldehydes is 1. The molecule has 0 aliphatic heterocycles. The zero-order valence-corrected chi connectivity index (χ0v) is 7.96. The van der Waals surface area contributed by atoms with Gasteiger partial charge in [0.1, 0.15) is 6.29 Å². The molecule has 0 aliphatic carbocycles. The van der Waals surface area contributed by atoms with Crippen molar-refractivity contribution in [2.24, 2.45) is 0 Å². The first-order chi connectivity index (χ1) is 4.74. The molecule has 0 N–H and O–H groups in total. The number of carbonyl (C=O) groups excluding carboxylic acids is 1. The summed E-state index contributed by atoms with van der Waals surface area (Å²) in [4.78, 5) is 11.3. The van der Waals surface area contributed by atoms with Gasteiger partial charge in [0.2, 0.25) is 0 Å². The number of halogens is 1. The molecule has 0 unspecified atom stereocenters. The second-order valence-corrected chi connectivity index (χ2v) is 4.54. The summed E-state index contributed by atoms with van der Waals surface area (Å²) in [5.41, 5.74) is 1.20. The Morgan fingerprint density at radius 3 is 2.90 bits per heavy atom. The highest BCUT2D eigenvalue weighted by atomic mass is 79.9.